The third-order valence-corrected chi connectivity index (χ3v) is 4.65. The van der Waals surface area contributed by atoms with Crippen molar-refractivity contribution in [2.24, 2.45) is 0 Å². The van der Waals surface area contributed by atoms with Crippen LogP contribution in [0.15, 0.2) is 36.4 Å². The Morgan fingerprint density at radius 3 is 2.67 bits per heavy atom. The van der Waals surface area contributed by atoms with Gasteiger partial charge in [-0.05, 0) is 42.0 Å². The summed E-state index contributed by atoms with van der Waals surface area (Å²) in [4.78, 5) is 1.14. The molecule has 0 saturated heterocycles. The molecule has 1 nitrogen and oxygen atoms in total. The lowest BCUT2D eigenvalue weighted by atomic mass is 9.97. The van der Waals surface area contributed by atoms with Gasteiger partial charge in [0.2, 0.25) is 0 Å². The smallest absolute Gasteiger partial charge is 0.0931 e. The molecule has 1 aromatic heterocycles. The molecular formula is C15H15ClOS. The van der Waals surface area contributed by atoms with Gasteiger partial charge in [0.15, 0.2) is 0 Å². The van der Waals surface area contributed by atoms with E-state index in [1.165, 1.54) is 18.4 Å². The topological polar surface area (TPSA) is 20.2 Å². The van der Waals surface area contributed by atoms with Gasteiger partial charge in [-0.3, -0.25) is 0 Å². The van der Waals surface area contributed by atoms with E-state index < -0.39 is 6.10 Å². The van der Waals surface area contributed by atoms with E-state index in [4.69, 9.17) is 11.6 Å². The average Bonchev–Trinajstić information content (AvgIpc) is 3.14. The van der Waals surface area contributed by atoms with Crippen LogP contribution in [0, 0.1) is 0 Å². The Bertz CT molecular complexity index is 545. The fraction of sp³-hybridized carbons (Fsp3) is 0.333. The zero-order valence-electron chi connectivity index (χ0n) is 9.97. The van der Waals surface area contributed by atoms with Crippen LogP contribution in [0.1, 0.15) is 40.9 Å². The summed E-state index contributed by atoms with van der Waals surface area (Å²) < 4.78 is 0.785. The second-order valence-corrected chi connectivity index (χ2v) is 6.63. The van der Waals surface area contributed by atoms with Crippen LogP contribution < -0.4 is 0 Å². The zero-order valence-corrected chi connectivity index (χ0v) is 11.5. The fourth-order valence-corrected chi connectivity index (χ4v) is 3.47. The number of hydrogen-bond acceptors (Lipinski definition) is 2. The van der Waals surface area contributed by atoms with Crippen molar-refractivity contribution in [3.05, 3.63) is 56.7 Å². The lowest BCUT2D eigenvalue weighted by Gasteiger charge is -2.14. The summed E-state index contributed by atoms with van der Waals surface area (Å²) in [6.45, 7) is 0. The third-order valence-electron chi connectivity index (χ3n) is 3.40. The van der Waals surface area contributed by atoms with E-state index in [-0.39, 0.29) is 0 Å². The van der Waals surface area contributed by atoms with Crippen molar-refractivity contribution in [2.45, 2.75) is 31.3 Å². The maximum Gasteiger partial charge on any atom is 0.0931 e. The number of hydrogen-bond donors (Lipinski definition) is 1. The van der Waals surface area contributed by atoms with E-state index in [1.54, 1.807) is 11.3 Å². The van der Waals surface area contributed by atoms with E-state index in [0.29, 0.717) is 12.3 Å². The molecule has 1 aliphatic rings. The minimum absolute atomic E-state index is 0.420. The minimum Gasteiger partial charge on any atom is -0.388 e. The summed E-state index contributed by atoms with van der Waals surface area (Å²) in [5.41, 5.74) is 2.41. The van der Waals surface area contributed by atoms with E-state index >= 15 is 0 Å². The van der Waals surface area contributed by atoms with Gasteiger partial charge in [-0.15, -0.1) is 11.3 Å². The van der Waals surface area contributed by atoms with Gasteiger partial charge in [0.25, 0.3) is 0 Å². The molecule has 0 spiro atoms. The number of thiophene rings is 1. The molecule has 1 aliphatic carbocycles. The van der Waals surface area contributed by atoms with Gasteiger partial charge in [-0.25, -0.2) is 0 Å². The lowest BCUT2D eigenvalue weighted by molar-refractivity contribution is 0.178. The molecule has 0 bridgehead atoms. The van der Waals surface area contributed by atoms with E-state index in [0.717, 1.165) is 14.8 Å². The molecule has 1 unspecified atom stereocenters. The number of rotatable bonds is 4. The molecule has 0 aliphatic heterocycles. The van der Waals surface area contributed by atoms with Crippen molar-refractivity contribution in [2.75, 3.05) is 0 Å². The first kappa shape index (κ1) is 12.2. The summed E-state index contributed by atoms with van der Waals surface area (Å²) in [5, 5.41) is 10.4. The van der Waals surface area contributed by atoms with Gasteiger partial charge in [-0.1, -0.05) is 35.9 Å². The first-order chi connectivity index (χ1) is 8.74. The van der Waals surface area contributed by atoms with Gasteiger partial charge < -0.3 is 5.11 Å². The van der Waals surface area contributed by atoms with Gasteiger partial charge in [0, 0.05) is 11.3 Å². The van der Waals surface area contributed by atoms with Crippen molar-refractivity contribution in [3.8, 4) is 0 Å². The molecule has 94 valence electrons. The van der Waals surface area contributed by atoms with Crippen LogP contribution >= 0.6 is 22.9 Å². The zero-order chi connectivity index (χ0) is 12.5. The van der Waals surface area contributed by atoms with Crippen molar-refractivity contribution in [3.63, 3.8) is 0 Å². The quantitative estimate of drug-likeness (QED) is 0.869. The van der Waals surface area contributed by atoms with Crippen molar-refractivity contribution in [1.82, 2.24) is 0 Å². The first-order valence-corrected chi connectivity index (χ1v) is 7.44. The van der Waals surface area contributed by atoms with E-state index in [1.807, 2.05) is 24.3 Å². The Hall–Kier alpha value is -0.830. The number of halogens is 1. The molecule has 1 fully saturated rings. The molecule has 2 aromatic rings. The first-order valence-electron chi connectivity index (χ1n) is 6.25. The van der Waals surface area contributed by atoms with Crippen LogP contribution in [0.4, 0.5) is 0 Å². The van der Waals surface area contributed by atoms with Crippen LogP contribution in [0.5, 0.6) is 0 Å². The van der Waals surface area contributed by atoms with Crippen molar-refractivity contribution in [1.29, 1.82) is 0 Å². The average molecular weight is 279 g/mol. The highest BCUT2D eigenvalue weighted by atomic mass is 35.5. The summed E-state index contributed by atoms with van der Waals surface area (Å²) in [5.74, 6) is 0.669. The van der Waals surface area contributed by atoms with Crippen LogP contribution in [0.3, 0.4) is 0 Å². The van der Waals surface area contributed by atoms with Crippen LogP contribution in [-0.2, 0) is 6.42 Å². The monoisotopic (exact) mass is 278 g/mol. The normalized spacial score (nSPS) is 16.8. The maximum atomic E-state index is 10.4. The van der Waals surface area contributed by atoms with Crippen LogP contribution in [-0.4, -0.2) is 5.11 Å². The van der Waals surface area contributed by atoms with Gasteiger partial charge in [-0.2, -0.15) is 0 Å². The predicted octanol–water partition coefficient (Wildman–Crippen LogP) is 4.56. The standard InChI is InChI=1S/C15H15ClOS/c16-15-8-7-11(18-15)9-14(17)13-4-2-1-3-12(13)10-5-6-10/h1-4,7-8,10,14,17H,5-6,9H2. The summed E-state index contributed by atoms with van der Waals surface area (Å²) in [6.07, 6.45) is 2.75. The Morgan fingerprint density at radius 1 is 1.22 bits per heavy atom. The molecule has 0 radical (unpaired) electrons. The van der Waals surface area contributed by atoms with Crippen LogP contribution in [0.2, 0.25) is 4.34 Å². The summed E-state index contributed by atoms with van der Waals surface area (Å²) in [6, 6.07) is 12.2. The van der Waals surface area contributed by atoms with Gasteiger partial charge >= 0.3 is 0 Å². The molecule has 3 rings (SSSR count). The molecule has 1 heterocycles. The lowest BCUT2D eigenvalue weighted by Crippen LogP contribution is -2.03. The summed E-state index contributed by atoms with van der Waals surface area (Å²) >= 11 is 7.46. The molecule has 1 atom stereocenters. The Kier molecular flexibility index (Phi) is 3.42. The molecule has 18 heavy (non-hydrogen) atoms. The molecule has 1 aromatic carbocycles. The Labute approximate surface area is 116 Å². The SMILES string of the molecule is OC(Cc1ccc(Cl)s1)c1ccccc1C1CC1. The number of aliphatic hydroxyl groups is 1. The van der Waals surface area contributed by atoms with Crippen molar-refractivity contribution >= 4 is 22.9 Å². The second kappa shape index (κ2) is 5.04. The Balaban J connectivity index is 1.81. The number of aliphatic hydroxyl groups excluding tert-OH is 1. The molecule has 3 heteroatoms. The molecule has 1 N–H and O–H groups in total. The molecular weight excluding hydrogens is 264 g/mol. The highest BCUT2D eigenvalue weighted by molar-refractivity contribution is 7.16. The highest BCUT2D eigenvalue weighted by Gasteiger charge is 2.27. The minimum atomic E-state index is -0.420. The summed E-state index contributed by atoms with van der Waals surface area (Å²) in [7, 11) is 0. The second-order valence-electron chi connectivity index (χ2n) is 4.83. The third kappa shape index (κ3) is 2.61. The van der Waals surface area contributed by atoms with Gasteiger partial charge in [0.05, 0.1) is 10.4 Å². The fourth-order valence-electron chi connectivity index (χ4n) is 2.34. The van der Waals surface area contributed by atoms with E-state index in [9.17, 15) is 5.11 Å². The highest BCUT2D eigenvalue weighted by Crippen LogP contribution is 2.43. The molecule has 0 amide bonds. The van der Waals surface area contributed by atoms with Crippen molar-refractivity contribution < 1.29 is 5.11 Å². The Morgan fingerprint density at radius 2 is 2.00 bits per heavy atom. The van der Waals surface area contributed by atoms with E-state index in [2.05, 4.69) is 12.1 Å². The van der Waals surface area contributed by atoms with Gasteiger partial charge in [0.1, 0.15) is 0 Å². The predicted molar refractivity (Wildman–Crippen MR) is 76.4 cm³/mol. The number of benzene rings is 1. The largest absolute Gasteiger partial charge is 0.388 e. The molecule has 1 saturated carbocycles. The maximum absolute atomic E-state index is 10.4. The van der Waals surface area contributed by atoms with Crippen LogP contribution in [0.25, 0.3) is 0 Å².